The first kappa shape index (κ1) is 14.6. The monoisotopic (exact) mass is 282 g/mol. The van der Waals surface area contributed by atoms with E-state index in [0.29, 0.717) is 11.3 Å². The summed E-state index contributed by atoms with van der Waals surface area (Å²) in [4.78, 5) is 23.7. The van der Waals surface area contributed by atoms with E-state index in [1.54, 1.807) is 24.3 Å². The third-order valence-electron chi connectivity index (χ3n) is 2.74. The van der Waals surface area contributed by atoms with Gasteiger partial charge in [-0.3, -0.25) is 14.2 Å². The van der Waals surface area contributed by atoms with Crippen LogP contribution in [-0.4, -0.2) is 21.7 Å². The number of aliphatic hydroxyl groups excluding tert-OH is 1. The zero-order valence-electron chi connectivity index (χ0n) is 11.4. The predicted octanol–water partition coefficient (Wildman–Crippen LogP) is 0.669. The Kier molecular flexibility index (Phi) is 4.21. The molecule has 21 heavy (non-hydrogen) atoms. The smallest absolute Gasteiger partial charge is 0.268 e. The summed E-state index contributed by atoms with van der Waals surface area (Å²) >= 11 is 0. The molecule has 0 aliphatic carbocycles. The maximum absolute atomic E-state index is 12.3. The molecular formula is C16H14N2O3. The number of benzene rings is 1. The van der Waals surface area contributed by atoms with Gasteiger partial charge in [-0.25, -0.2) is 0 Å². The standard InChI is InChI=1S/C16H14N2O3/c1-11(19)7-8-12-9-14(15(17)20)16(21)18(10-12)13-5-3-2-4-6-13/h2-6,9-11,19H,1H3,(H2,17,20). The molecule has 0 bridgehead atoms. The number of para-hydroxylation sites is 1. The molecule has 1 heterocycles. The lowest BCUT2D eigenvalue weighted by Gasteiger charge is -2.08. The van der Waals surface area contributed by atoms with Crippen molar-refractivity contribution in [3.05, 3.63) is 64.1 Å². The summed E-state index contributed by atoms with van der Waals surface area (Å²) in [6.45, 7) is 1.52. The maximum atomic E-state index is 12.3. The van der Waals surface area contributed by atoms with E-state index >= 15 is 0 Å². The molecule has 3 N–H and O–H groups in total. The van der Waals surface area contributed by atoms with Crippen molar-refractivity contribution in [3.63, 3.8) is 0 Å². The fraction of sp³-hybridized carbons (Fsp3) is 0.125. The Balaban J connectivity index is 2.68. The van der Waals surface area contributed by atoms with Crippen LogP contribution in [0.15, 0.2) is 47.4 Å². The summed E-state index contributed by atoms with van der Waals surface area (Å²) in [7, 11) is 0. The molecule has 0 spiro atoms. The van der Waals surface area contributed by atoms with Crippen molar-refractivity contribution in [3.8, 4) is 17.5 Å². The van der Waals surface area contributed by atoms with Crippen molar-refractivity contribution in [1.29, 1.82) is 0 Å². The molecule has 5 heteroatoms. The van der Waals surface area contributed by atoms with Gasteiger partial charge in [0.1, 0.15) is 11.7 Å². The van der Waals surface area contributed by atoms with Crippen molar-refractivity contribution in [2.24, 2.45) is 5.73 Å². The lowest BCUT2D eigenvalue weighted by Crippen LogP contribution is -2.28. The number of hydrogen-bond acceptors (Lipinski definition) is 3. The first-order chi connectivity index (χ1) is 9.99. The van der Waals surface area contributed by atoms with Crippen molar-refractivity contribution >= 4 is 5.91 Å². The Hall–Kier alpha value is -2.84. The van der Waals surface area contributed by atoms with E-state index in [0.717, 1.165) is 0 Å². The number of rotatable bonds is 2. The SMILES string of the molecule is CC(O)C#Cc1cc(C(N)=O)c(=O)n(-c2ccccc2)c1. The Morgan fingerprint density at radius 2 is 2.00 bits per heavy atom. The van der Waals surface area contributed by atoms with Crippen LogP contribution in [0.3, 0.4) is 0 Å². The second-order valence-electron chi connectivity index (χ2n) is 4.46. The molecule has 0 aliphatic heterocycles. The number of primary amides is 1. The van der Waals surface area contributed by atoms with Gasteiger partial charge >= 0.3 is 0 Å². The Bertz CT molecular complexity index is 781. The van der Waals surface area contributed by atoms with Crippen molar-refractivity contribution in [2.45, 2.75) is 13.0 Å². The molecule has 5 nitrogen and oxygen atoms in total. The zero-order valence-corrected chi connectivity index (χ0v) is 11.4. The first-order valence-electron chi connectivity index (χ1n) is 6.30. The molecule has 1 aromatic heterocycles. The third kappa shape index (κ3) is 3.38. The molecule has 0 aliphatic rings. The third-order valence-corrected chi connectivity index (χ3v) is 2.74. The molecule has 0 fully saturated rings. The van der Waals surface area contributed by atoms with Gasteiger partial charge in [0.05, 0.1) is 0 Å². The number of aromatic nitrogens is 1. The van der Waals surface area contributed by atoms with Crippen LogP contribution in [0.25, 0.3) is 5.69 Å². The van der Waals surface area contributed by atoms with E-state index in [4.69, 9.17) is 5.73 Å². The molecule has 0 saturated heterocycles. The van der Waals surface area contributed by atoms with Crippen LogP contribution in [0.5, 0.6) is 0 Å². The van der Waals surface area contributed by atoms with E-state index in [1.807, 2.05) is 6.07 Å². The largest absolute Gasteiger partial charge is 0.381 e. The molecular weight excluding hydrogens is 268 g/mol. The normalized spacial score (nSPS) is 11.3. The van der Waals surface area contributed by atoms with Gasteiger partial charge in [-0.2, -0.15) is 0 Å². The van der Waals surface area contributed by atoms with Crippen LogP contribution in [0, 0.1) is 11.8 Å². The van der Waals surface area contributed by atoms with Crippen LogP contribution in [0.1, 0.15) is 22.8 Å². The molecule has 1 aromatic carbocycles. The van der Waals surface area contributed by atoms with E-state index in [-0.39, 0.29) is 5.56 Å². The minimum absolute atomic E-state index is 0.142. The van der Waals surface area contributed by atoms with E-state index in [9.17, 15) is 14.7 Å². The molecule has 0 radical (unpaired) electrons. The van der Waals surface area contributed by atoms with E-state index < -0.39 is 17.6 Å². The molecule has 1 unspecified atom stereocenters. The van der Waals surface area contributed by atoms with Gasteiger partial charge in [-0.05, 0) is 25.1 Å². The fourth-order valence-corrected chi connectivity index (χ4v) is 1.80. The molecule has 106 valence electrons. The van der Waals surface area contributed by atoms with Crippen LogP contribution >= 0.6 is 0 Å². The van der Waals surface area contributed by atoms with Crippen LogP contribution in [0.4, 0.5) is 0 Å². The topological polar surface area (TPSA) is 85.3 Å². The van der Waals surface area contributed by atoms with Gasteiger partial charge in [-0.15, -0.1) is 0 Å². The molecule has 1 amide bonds. The summed E-state index contributed by atoms with van der Waals surface area (Å²) in [5.74, 6) is 4.46. The van der Waals surface area contributed by atoms with Gasteiger partial charge < -0.3 is 10.8 Å². The zero-order chi connectivity index (χ0) is 15.4. The first-order valence-corrected chi connectivity index (χ1v) is 6.30. The Labute approximate surface area is 121 Å². The lowest BCUT2D eigenvalue weighted by molar-refractivity contribution is 0.0998. The van der Waals surface area contributed by atoms with Crippen LogP contribution in [0.2, 0.25) is 0 Å². The van der Waals surface area contributed by atoms with Crippen LogP contribution < -0.4 is 11.3 Å². The van der Waals surface area contributed by atoms with E-state index in [1.165, 1.54) is 23.8 Å². The molecule has 2 aromatic rings. The Morgan fingerprint density at radius 1 is 1.33 bits per heavy atom. The summed E-state index contributed by atoms with van der Waals surface area (Å²) in [6, 6.07) is 10.2. The molecule has 1 atom stereocenters. The number of pyridine rings is 1. The van der Waals surface area contributed by atoms with E-state index in [2.05, 4.69) is 11.8 Å². The second-order valence-corrected chi connectivity index (χ2v) is 4.46. The number of aliphatic hydroxyl groups is 1. The van der Waals surface area contributed by atoms with Gasteiger partial charge in [0, 0.05) is 17.4 Å². The number of amides is 1. The minimum atomic E-state index is -0.814. The lowest BCUT2D eigenvalue weighted by atomic mass is 10.1. The summed E-state index contributed by atoms with van der Waals surface area (Å²) in [5.41, 5.74) is 5.62. The predicted molar refractivity (Wildman–Crippen MR) is 79.1 cm³/mol. The Morgan fingerprint density at radius 3 is 2.57 bits per heavy atom. The van der Waals surface area contributed by atoms with Gasteiger partial charge in [0.2, 0.25) is 0 Å². The summed E-state index contributed by atoms with van der Waals surface area (Å²) < 4.78 is 1.31. The average Bonchev–Trinajstić information content (AvgIpc) is 2.46. The van der Waals surface area contributed by atoms with Crippen molar-refractivity contribution in [2.75, 3.05) is 0 Å². The highest BCUT2D eigenvalue weighted by Crippen LogP contribution is 2.07. The number of nitrogens with two attached hydrogens (primary N) is 1. The summed E-state index contributed by atoms with van der Waals surface area (Å²) in [6.07, 6.45) is 0.707. The number of carbonyl (C=O) groups is 1. The number of hydrogen-bond donors (Lipinski definition) is 2. The molecule has 0 saturated carbocycles. The highest BCUT2D eigenvalue weighted by atomic mass is 16.3. The minimum Gasteiger partial charge on any atom is -0.381 e. The van der Waals surface area contributed by atoms with Gasteiger partial charge in [0.15, 0.2) is 0 Å². The van der Waals surface area contributed by atoms with Crippen molar-refractivity contribution < 1.29 is 9.90 Å². The summed E-state index contributed by atoms with van der Waals surface area (Å²) in [5, 5.41) is 9.20. The molecule has 2 rings (SSSR count). The van der Waals surface area contributed by atoms with Crippen LogP contribution in [-0.2, 0) is 0 Å². The average molecular weight is 282 g/mol. The number of carbonyl (C=O) groups excluding carboxylic acids is 1. The highest BCUT2D eigenvalue weighted by Gasteiger charge is 2.11. The fourth-order valence-electron chi connectivity index (χ4n) is 1.80. The maximum Gasteiger partial charge on any atom is 0.268 e. The second kappa shape index (κ2) is 6.07. The highest BCUT2D eigenvalue weighted by molar-refractivity contribution is 5.92. The quantitative estimate of drug-likeness (QED) is 0.794. The van der Waals surface area contributed by atoms with Gasteiger partial charge in [-0.1, -0.05) is 30.0 Å². The van der Waals surface area contributed by atoms with Crippen molar-refractivity contribution in [1.82, 2.24) is 4.57 Å². The van der Waals surface area contributed by atoms with Gasteiger partial charge in [0.25, 0.3) is 11.5 Å². The number of nitrogens with zero attached hydrogens (tertiary/aromatic N) is 1.